The Morgan fingerprint density at radius 1 is 1.05 bits per heavy atom. The summed E-state index contributed by atoms with van der Waals surface area (Å²) in [4.78, 5) is 63.6. The largest absolute Gasteiger partial charge is 0.417 e. The number of rotatable bonds is 11. The number of pyridine rings is 1. The molecule has 2 N–H and O–H groups in total. The molecule has 4 heterocycles. The minimum Gasteiger partial charge on any atom is -0.331 e. The second-order valence-corrected chi connectivity index (χ2v) is 16.6. The Morgan fingerprint density at radius 3 is 2.34 bits per heavy atom. The van der Waals surface area contributed by atoms with Gasteiger partial charge in [0.1, 0.15) is 11.4 Å². The molecule has 2 aromatic rings. The first-order valence-corrected chi connectivity index (χ1v) is 20.0. The van der Waals surface area contributed by atoms with E-state index in [4.69, 9.17) is 12.2 Å². The Balaban J connectivity index is 0.00000641. The smallest absolute Gasteiger partial charge is 0.331 e. The summed E-state index contributed by atoms with van der Waals surface area (Å²) in [6.45, 7) is 11.0. The highest BCUT2D eigenvalue weighted by molar-refractivity contribution is 7.80. The molecule has 1 aromatic heterocycles. The van der Waals surface area contributed by atoms with Crippen LogP contribution in [0.2, 0.25) is 0 Å². The maximum Gasteiger partial charge on any atom is 0.417 e. The van der Waals surface area contributed by atoms with Gasteiger partial charge in [-0.1, -0.05) is 12.8 Å². The lowest BCUT2D eigenvalue weighted by Crippen LogP contribution is -2.58. The van der Waals surface area contributed by atoms with Gasteiger partial charge in [0.25, 0.3) is 5.91 Å². The zero-order chi connectivity index (χ0) is 41.2. The number of amides is 5. The number of thiocarbonyl (C=S) groups is 1. The Hall–Kier alpha value is -4.37. The van der Waals surface area contributed by atoms with E-state index in [0.29, 0.717) is 17.4 Å². The number of hydrogen-bond donors (Lipinski definition) is 2. The summed E-state index contributed by atoms with van der Waals surface area (Å²) >= 11 is 5.76. The van der Waals surface area contributed by atoms with E-state index in [1.165, 1.54) is 22.1 Å². The monoisotopic (exact) mass is 845 g/mol. The number of unbranched alkanes of at least 4 members (excludes halogenated alkanes) is 1. The zero-order valence-corrected chi connectivity index (χ0v) is 34.8. The summed E-state index contributed by atoms with van der Waals surface area (Å²) in [5.74, 6) is 0.116. The number of nitrogens with zero attached hydrogens (tertiary/aromatic N) is 7. The van der Waals surface area contributed by atoms with Crippen LogP contribution in [0.5, 0.6) is 0 Å². The number of urea groups is 1. The van der Waals surface area contributed by atoms with E-state index in [0.717, 1.165) is 76.7 Å². The second kappa shape index (κ2) is 18.3. The summed E-state index contributed by atoms with van der Waals surface area (Å²) < 4.78 is 41.2. The van der Waals surface area contributed by atoms with Gasteiger partial charge in [-0.25, -0.2) is 9.78 Å². The third kappa shape index (κ3) is 9.73. The maximum atomic E-state index is 13.7. The van der Waals surface area contributed by atoms with Crippen LogP contribution in [0, 0.1) is 17.2 Å². The van der Waals surface area contributed by atoms with Gasteiger partial charge < -0.3 is 15.1 Å². The lowest BCUT2D eigenvalue weighted by atomic mass is 9.81. The van der Waals surface area contributed by atoms with E-state index < -0.39 is 28.9 Å². The number of benzene rings is 1. The first-order chi connectivity index (χ1) is 27.0. The number of imide groups is 1. The molecular weight excluding hydrogens is 795 g/mol. The predicted octanol–water partition coefficient (Wildman–Crippen LogP) is 6.31. The normalized spacial score (nSPS) is 24.3. The number of nitriles is 1. The minimum absolute atomic E-state index is 0. The van der Waals surface area contributed by atoms with Crippen molar-refractivity contribution in [3.63, 3.8) is 0 Å². The predicted molar refractivity (Wildman–Crippen MR) is 219 cm³/mol. The Bertz CT molecular complexity index is 1910. The van der Waals surface area contributed by atoms with Crippen LogP contribution in [-0.2, 0) is 20.6 Å². The molecule has 2 atom stereocenters. The number of piperazine rings is 1. The maximum absolute atomic E-state index is 13.7. The quantitative estimate of drug-likeness (QED) is 0.195. The summed E-state index contributed by atoms with van der Waals surface area (Å²) in [7, 11) is 0. The van der Waals surface area contributed by atoms with Gasteiger partial charge in [-0.2, -0.15) is 18.4 Å². The molecule has 3 aliphatic heterocycles. The van der Waals surface area contributed by atoms with Crippen molar-refractivity contribution in [2.24, 2.45) is 5.92 Å². The van der Waals surface area contributed by atoms with Gasteiger partial charge >= 0.3 is 12.2 Å². The molecule has 5 amide bonds. The van der Waals surface area contributed by atoms with Gasteiger partial charge in [-0.05, 0) is 115 Å². The molecule has 0 radical (unpaired) electrons. The fourth-order valence-electron chi connectivity index (χ4n) is 8.84. The van der Waals surface area contributed by atoms with Crippen molar-refractivity contribution in [1.82, 2.24) is 25.0 Å². The van der Waals surface area contributed by atoms with Crippen LogP contribution >= 0.6 is 24.6 Å². The van der Waals surface area contributed by atoms with Gasteiger partial charge in [0, 0.05) is 44.2 Å². The Kier molecular flexibility index (Phi) is 14.1. The number of nitrogens with one attached hydrogen (secondary N) is 2. The van der Waals surface area contributed by atoms with Crippen molar-refractivity contribution in [1.29, 1.82) is 5.26 Å². The number of carbonyl (C=O) groups excluding carboxylic acids is 4. The van der Waals surface area contributed by atoms with Crippen molar-refractivity contribution in [2.75, 3.05) is 47.8 Å². The van der Waals surface area contributed by atoms with E-state index >= 15 is 0 Å². The molecule has 0 spiro atoms. The van der Waals surface area contributed by atoms with Gasteiger partial charge in [-0.15, -0.1) is 12.4 Å². The zero-order valence-electron chi connectivity index (χ0n) is 33.2. The first kappa shape index (κ1) is 44.7. The highest BCUT2D eigenvalue weighted by Crippen LogP contribution is 2.41. The third-order valence-corrected chi connectivity index (χ3v) is 12.2. The van der Waals surface area contributed by atoms with E-state index in [-0.39, 0.29) is 78.6 Å². The Morgan fingerprint density at radius 2 is 1.74 bits per heavy atom. The van der Waals surface area contributed by atoms with Crippen molar-refractivity contribution < 1.29 is 32.3 Å². The number of aromatic nitrogens is 1. The SMILES string of the molecule is C[C@@H]1CN(CCCCC2CCC(N3C(=S)N(c4ccc(C#N)c(C(F)(F)F)c4)C(=O)C3(C)C)CC2)C[C@H](C)N1CC(=O)Nc1ccc(N2CCC(=O)NC2=O)nc1.Cl. The molecule has 3 saturated heterocycles. The number of hydrogen-bond acceptors (Lipinski definition) is 9. The molecule has 4 aliphatic rings. The summed E-state index contributed by atoms with van der Waals surface area (Å²) in [6.07, 6.45) is 3.86. The molecule has 1 aromatic carbocycles. The molecule has 58 heavy (non-hydrogen) atoms. The van der Waals surface area contributed by atoms with Crippen molar-refractivity contribution in [3.05, 3.63) is 47.7 Å². The van der Waals surface area contributed by atoms with E-state index in [9.17, 15) is 37.6 Å². The van der Waals surface area contributed by atoms with Crippen LogP contribution in [0.15, 0.2) is 36.5 Å². The molecule has 18 heteroatoms. The van der Waals surface area contributed by atoms with Gasteiger partial charge in [-0.3, -0.25) is 34.4 Å². The van der Waals surface area contributed by atoms with E-state index in [1.807, 2.05) is 4.90 Å². The lowest BCUT2D eigenvalue weighted by molar-refractivity contribution is -0.137. The van der Waals surface area contributed by atoms with Crippen LogP contribution in [-0.4, -0.2) is 105 Å². The molecule has 13 nitrogen and oxygen atoms in total. The molecule has 4 fully saturated rings. The van der Waals surface area contributed by atoms with Crippen molar-refractivity contribution in [2.45, 2.75) is 109 Å². The number of carbonyl (C=O) groups is 4. The van der Waals surface area contributed by atoms with E-state index in [1.54, 1.807) is 32.0 Å². The van der Waals surface area contributed by atoms with Crippen LogP contribution in [0.25, 0.3) is 0 Å². The Labute approximate surface area is 348 Å². The first-order valence-electron chi connectivity index (χ1n) is 19.6. The standard InChI is InChI=1S/C40H50F3N9O4S.ClH/c1-25-22-48(23-26(2)50(25)24-35(54)46-29-11-15-33(45-21-29)49-18-16-34(53)47-37(49)56)17-6-5-7-27-8-12-30(13-9-27)52-38(57)51(36(55)39(52,3)4)31-14-10-28(20-44)32(19-31)40(41,42)43;/h10-11,14-15,19,21,25-27,30H,5-9,12-13,16-18,22-24H2,1-4H3,(H,46,54)(H,47,53,56);1H/t25-,26+,27?,30?;. The molecule has 0 unspecified atom stereocenters. The van der Waals surface area contributed by atoms with Crippen LogP contribution in [0.1, 0.15) is 90.2 Å². The molecule has 6 rings (SSSR count). The highest BCUT2D eigenvalue weighted by Gasteiger charge is 2.52. The van der Waals surface area contributed by atoms with Gasteiger partial charge in [0.05, 0.1) is 41.3 Å². The molecule has 0 bridgehead atoms. The fourth-order valence-corrected chi connectivity index (χ4v) is 9.41. The number of alkyl halides is 3. The average Bonchev–Trinajstić information content (AvgIpc) is 3.33. The van der Waals surface area contributed by atoms with Crippen LogP contribution < -0.4 is 20.4 Å². The van der Waals surface area contributed by atoms with Gasteiger partial charge in [0.15, 0.2) is 5.11 Å². The summed E-state index contributed by atoms with van der Waals surface area (Å²) in [5, 5.41) is 14.6. The van der Waals surface area contributed by atoms with Crippen LogP contribution in [0.3, 0.4) is 0 Å². The number of anilines is 3. The minimum atomic E-state index is -4.75. The lowest BCUT2D eigenvalue weighted by Gasteiger charge is -2.44. The van der Waals surface area contributed by atoms with Gasteiger partial charge in [0.2, 0.25) is 11.8 Å². The fraction of sp³-hybridized carbons (Fsp3) is 0.575. The molecule has 314 valence electrons. The third-order valence-electron chi connectivity index (χ3n) is 11.8. The molecular formula is C40H51ClF3N9O4S. The van der Waals surface area contributed by atoms with Crippen molar-refractivity contribution in [3.8, 4) is 6.07 Å². The van der Waals surface area contributed by atoms with Crippen molar-refractivity contribution >= 4 is 70.7 Å². The van der Waals surface area contributed by atoms with E-state index in [2.05, 4.69) is 39.3 Å². The number of halogens is 4. The molecule has 1 saturated carbocycles. The topological polar surface area (TPSA) is 145 Å². The summed E-state index contributed by atoms with van der Waals surface area (Å²) in [6, 6.07) is 8.06. The molecule has 1 aliphatic carbocycles. The highest BCUT2D eigenvalue weighted by atomic mass is 35.5. The van der Waals surface area contributed by atoms with Crippen LogP contribution in [0.4, 0.5) is 35.2 Å². The summed E-state index contributed by atoms with van der Waals surface area (Å²) in [5.41, 5.74) is -2.07. The average molecular weight is 846 g/mol. The second-order valence-electron chi connectivity index (χ2n) is 16.2.